The van der Waals surface area contributed by atoms with E-state index in [1.54, 1.807) is 29.5 Å². The van der Waals surface area contributed by atoms with Gasteiger partial charge in [-0.1, -0.05) is 13.8 Å². The molecule has 5 heteroatoms. The first-order chi connectivity index (χ1) is 8.54. The third-order valence-corrected chi connectivity index (χ3v) is 3.32. The first kappa shape index (κ1) is 12.7. The Kier molecular flexibility index (Phi) is 3.72. The molecule has 0 amide bonds. The molecule has 1 aromatic heterocycles. The molecule has 2 aromatic rings. The van der Waals surface area contributed by atoms with Crippen molar-refractivity contribution in [3.05, 3.63) is 34.3 Å². The fourth-order valence-electron chi connectivity index (χ4n) is 1.53. The normalized spacial score (nSPS) is 10.8. The van der Waals surface area contributed by atoms with Crippen LogP contribution in [-0.4, -0.2) is 4.98 Å². The molecule has 18 heavy (non-hydrogen) atoms. The third-order valence-electron chi connectivity index (χ3n) is 2.47. The molecule has 0 saturated heterocycles. The van der Waals surface area contributed by atoms with Crippen LogP contribution in [0.3, 0.4) is 0 Å². The van der Waals surface area contributed by atoms with Gasteiger partial charge in [-0.25, -0.2) is 4.98 Å². The van der Waals surface area contributed by atoms with Crippen LogP contribution in [0.2, 0.25) is 0 Å². The molecule has 0 aliphatic heterocycles. The van der Waals surface area contributed by atoms with Crippen molar-refractivity contribution in [1.29, 1.82) is 0 Å². The lowest BCUT2D eigenvalue weighted by atomic mass is 10.2. The van der Waals surface area contributed by atoms with E-state index in [-0.39, 0.29) is 0 Å². The smallest absolute Gasteiger partial charge is 0.140 e. The SMILES string of the molecule is CC(C)c1csc(COc2cc(N)cc(N)c2)n1. The van der Waals surface area contributed by atoms with Crippen LogP contribution in [0.5, 0.6) is 5.75 Å². The van der Waals surface area contributed by atoms with Crippen molar-refractivity contribution in [3.63, 3.8) is 0 Å². The fourth-order valence-corrected chi connectivity index (χ4v) is 2.40. The van der Waals surface area contributed by atoms with Gasteiger partial charge in [-0.2, -0.15) is 0 Å². The van der Waals surface area contributed by atoms with Gasteiger partial charge in [0.2, 0.25) is 0 Å². The zero-order valence-corrected chi connectivity index (χ0v) is 11.3. The van der Waals surface area contributed by atoms with Crippen molar-refractivity contribution in [3.8, 4) is 5.75 Å². The first-order valence-electron chi connectivity index (χ1n) is 5.77. The Morgan fingerprint density at radius 2 is 1.89 bits per heavy atom. The molecular formula is C13H17N3OS. The van der Waals surface area contributed by atoms with Crippen LogP contribution in [0.25, 0.3) is 0 Å². The van der Waals surface area contributed by atoms with Gasteiger partial charge in [0.15, 0.2) is 0 Å². The average molecular weight is 263 g/mol. The number of nitrogens with two attached hydrogens (primary N) is 2. The lowest BCUT2D eigenvalue weighted by Gasteiger charge is -2.06. The van der Waals surface area contributed by atoms with Crippen LogP contribution in [0.1, 0.15) is 30.5 Å². The molecule has 0 radical (unpaired) electrons. The maximum Gasteiger partial charge on any atom is 0.140 e. The van der Waals surface area contributed by atoms with Crippen molar-refractivity contribution >= 4 is 22.7 Å². The maximum atomic E-state index is 5.70. The number of nitrogen functional groups attached to an aromatic ring is 2. The molecule has 4 N–H and O–H groups in total. The molecule has 0 atom stereocenters. The third kappa shape index (κ3) is 3.13. The summed E-state index contributed by atoms with van der Waals surface area (Å²) in [5, 5.41) is 3.02. The predicted molar refractivity (Wildman–Crippen MR) is 75.8 cm³/mol. The number of anilines is 2. The second kappa shape index (κ2) is 5.27. The zero-order valence-electron chi connectivity index (χ0n) is 10.5. The topological polar surface area (TPSA) is 74.2 Å². The van der Waals surface area contributed by atoms with E-state index >= 15 is 0 Å². The minimum atomic E-state index is 0.443. The number of hydrogen-bond acceptors (Lipinski definition) is 5. The van der Waals surface area contributed by atoms with Crippen molar-refractivity contribution in [2.75, 3.05) is 11.5 Å². The molecule has 1 heterocycles. The van der Waals surface area contributed by atoms with Gasteiger partial charge in [-0.05, 0) is 12.0 Å². The monoisotopic (exact) mass is 263 g/mol. The molecule has 4 nitrogen and oxygen atoms in total. The number of aromatic nitrogens is 1. The maximum absolute atomic E-state index is 5.70. The minimum absolute atomic E-state index is 0.443. The molecule has 0 fully saturated rings. The van der Waals surface area contributed by atoms with E-state index in [0.29, 0.717) is 29.6 Å². The van der Waals surface area contributed by atoms with E-state index in [4.69, 9.17) is 16.2 Å². The van der Waals surface area contributed by atoms with Crippen LogP contribution >= 0.6 is 11.3 Å². The largest absolute Gasteiger partial charge is 0.486 e. The molecule has 2 rings (SSSR count). The molecule has 96 valence electrons. The fraction of sp³-hybridized carbons (Fsp3) is 0.308. The predicted octanol–water partition coefficient (Wildman–Crippen LogP) is 3.01. The van der Waals surface area contributed by atoms with E-state index in [0.717, 1.165) is 10.7 Å². The van der Waals surface area contributed by atoms with Crippen molar-refractivity contribution in [1.82, 2.24) is 4.98 Å². The van der Waals surface area contributed by atoms with Gasteiger partial charge in [0.25, 0.3) is 0 Å². The Hall–Kier alpha value is -1.75. The van der Waals surface area contributed by atoms with Gasteiger partial charge in [0, 0.05) is 28.9 Å². The van der Waals surface area contributed by atoms with E-state index < -0.39 is 0 Å². The van der Waals surface area contributed by atoms with Crippen molar-refractivity contribution in [2.45, 2.75) is 26.4 Å². The van der Waals surface area contributed by atoms with Crippen molar-refractivity contribution < 1.29 is 4.74 Å². The van der Waals surface area contributed by atoms with Gasteiger partial charge in [0.1, 0.15) is 17.4 Å². The lowest BCUT2D eigenvalue weighted by Crippen LogP contribution is -1.98. The number of thiazole rings is 1. The summed E-state index contributed by atoms with van der Waals surface area (Å²) in [4.78, 5) is 4.50. The summed E-state index contributed by atoms with van der Waals surface area (Å²) in [7, 11) is 0. The molecule has 1 aromatic carbocycles. The summed E-state index contributed by atoms with van der Waals surface area (Å²) in [6.07, 6.45) is 0. The lowest BCUT2D eigenvalue weighted by molar-refractivity contribution is 0.305. The highest BCUT2D eigenvalue weighted by Gasteiger charge is 2.06. The van der Waals surface area contributed by atoms with E-state index in [1.807, 2.05) is 0 Å². The van der Waals surface area contributed by atoms with Crippen molar-refractivity contribution in [2.24, 2.45) is 0 Å². The highest BCUT2D eigenvalue weighted by Crippen LogP contribution is 2.23. The minimum Gasteiger partial charge on any atom is -0.486 e. The van der Waals surface area contributed by atoms with Gasteiger partial charge in [-0.3, -0.25) is 0 Å². The van der Waals surface area contributed by atoms with Crippen LogP contribution < -0.4 is 16.2 Å². The summed E-state index contributed by atoms with van der Waals surface area (Å²) in [5.74, 6) is 1.12. The van der Waals surface area contributed by atoms with Gasteiger partial charge < -0.3 is 16.2 Å². The second-order valence-corrected chi connectivity index (χ2v) is 5.39. The Morgan fingerprint density at radius 3 is 2.44 bits per heavy atom. The number of benzene rings is 1. The van der Waals surface area contributed by atoms with E-state index in [1.165, 1.54) is 0 Å². The van der Waals surface area contributed by atoms with E-state index in [2.05, 4.69) is 24.2 Å². The summed E-state index contributed by atoms with van der Waals surface area (Å²) in [5.41, 5.74) is 13.7. The first-order valence-corrected chi connectivity index (χ1v) is 6.65. The van der Waals surface area contributed by atoms with Gasteiger partial charge in [0.05, 0.1) is 5.69 Å². The van der Waals surface area contributed by atoms with E-state index in [9.17, 15) is 0 Å². The van der Waals surface area contributed by atoms with Crippen LogP contribution in [0, 0.1) is 0 Å². The summed E-state index contributed by atoms with van der Waals surface area (Å²) < 4.78 is 5.63. The number of ether oxygens (including phenoxy) is 1. The molecule has 0 unspecified atom stereocenters. The van der Waals surface area contributed by atoms with Crippen LogP contribution in [0.4, 0.5) is 11.4 Å². The Morgan fingerprint density at radius 1 is 1.22 bits per heavy atom. The molecule has 0 aliphatic carbocycles. The molecular weight excluding hydrogens is 246 g/mol. The highest BCUT2D eigenvalue weighted by molar-refractivity contribution is 7.09. The molecule has 0 aliphatic rings. The summed E-state index contributed by atoms with van der Waals surface area (Å²) in [6.45, 7) is 4.69. The molecule has 0 saturated carbocycles. The van der Waals surface area contributed by atoms with Gasteiger partial charge >= 0.3 is 0 Å². The number of hydrogen-bond donors (Lipinski definition) is 2. The second-order valence-electron chi connectivity index (χ2n) is 4.44. The summed E-state index contributed by atoms with van der Waals surface area (Å²) >= 11 is 1.61. The van der Waals surface area contributed by atoms with Crippen LogP contribution in [0.15, 0.2) is 23.6 Å². The number of nitrogens with zero attached hydrogens (tertiary/aromatic N) is 1. The van der Waals surface area contributed by atoms with Crippen LogP contribution in [-0.2, 0) is 6.61 Å². The Bertz CT molecular complexity index is 517. The number of rotatable bonds is 4. The standard InChI is InChI=1S/C13H17N3OS/c1-8(2)12-7-18-13(16-12)6-17-11-4-9(14)3-10(15)5-11/h3-5,7-8H,6,14-15H2,1-2H3. The highest BCUT2D eigenvalue weighted by atomic mass is 32.1. The Balaban J connectivity index is 2.02. The quantitative estimate of drug-likeness (QED) is 0.831. The average Bonchev–Trinajstić information content (AvgIpc) is 2.73. The Labute approximate surface area is 111 Å². The zero-order chi connectivity index (χ0) is 13.1. The van der Waals surface area contributed by atoms with Gasteiger partial charge in [-0.15, -0.1) is 11.3 Å². The summed E-state index contributed by atoms with van der Waals surface area (Å²) in [6, 6.07) is 5.22. The molecule has 0 bridgehead atoms. The molecule has 0 spiro atoms.